The number of ether oxygens (including phenoxy) is 1. The third-order valence-corrected chi connectivity index (χ3v) is 6.08. The van der Waals surface area contributed by atoms with Crippen LogP contribution in [0.25, 0.3) is 0 Å². The van der Waals surface area contributed by atoms with Gasteiger partial charge in [0.05, 0.1) is 18.6 Å². The van der Waals surface area contributed by atoms with Crippen LogP contribution in [-0.4, -0.2) is 27.2 Å². The molecule has 0 amide bonds. The van der Waals surface area contributed by atoms with Gasteiger partial charge in [-0.3, -0.25) is 0 Å². The molecule has 0 radical (unpaired) electrons. The van der Waals surface area contributed by atoms with Crippen molar-refractivity contribution in [1.82, 2.24) is 4.72 Å². The van der Waals surface area contributed by atoms with Gasteiger partial charge in [0.15, 0.2) is 0 Å². The molecule has 2 saturated carbocycles. The van der Waals surface area contributed by atoms with E-state index >= 15 is 0 Å². The predicted octanol–water partition coefficient (Wildman–Crippen LogP) is 1.66. The topological polar surface area (TPSA) is 75.6 Å². The molecule has 0 atom stereocenters. The molecule has 116 valence electrons. The zero-order valence-corrected chi connectivity index (χ0v) is 12.9. The fourth-order valence-corrected chi connectivity index (χ4v) is 4.14. The van der Waals surface area contributed by atoms with Gasteiger partial charge in [0.25, 0.3) is 0 Å². The summed E-state index contributed by atoms with van der Waals surface area (Å²) >= 11 is 0. The maximum Gasteiger partial charge on any atom is 0.240 e. The maximum atomic E-state index is 12.4. The quantitative estimate of drug-likeness (QED) is 0.803. The number of hydrogen-bond donors (Lipinski definition) is 2. The number of benzene rings is 1. The van der Waals surface area contributed by atoms with Crippen LogP contribution in [0.4, 0.5) is 0 Å². The van der Waals surface area contributed by atoms with Crippen LogP contribution in [0, 0.1) is 11.3 Å². The highest BCUT2D eigenvalue weighted by molar-refractivity contribution is 7.89. The minimum Gasteiger partial charge on any atom is -0.496 e. The van der Waals surface area contributed by atoms with E-state index in [9.17, 15) is 13.5 Å². The van der Waals surface area contributed by atoms with Crippen molar-refractivity contribution in [2.24, 2.45) is 11.3 Å². The van der Waals surface area contributed by atoms with Crippen molar-refractivity contribution in [2.75, 3.05) is 13.7 Å². The van der Waals surface area contributed by atoms with Crippen molar-refractivity contribution in [1.29, 1.82) is 0 Å². The maximum absolute atomic E-state index is 12.4. The molecule has 2 N–H and O–H groups in total. The number of aliphatic hydroxyl groups is 1. The molecule has 0 aromatic heterocycles. The number of hydrogen-bond acceptors (Lipinski definition) is 4. The predicted molar refractivity (Wildman–Crippen MR) is 78.5 cm³/mol. The van der Waals surface area contributed by atoms with Crippen molar-refractivity contribution in [3.63, 3.8) is 0 Å². The lowest BCUT2D eigenvalue weighted by Gasteiger charge is -2.16. The van der Waals surface area contributed by atoms with Crippen LogP contribution in [0.5, 0.6) is 5.75 Å². The van der Waals surface area contributed by atoms with E-state index < -0.39 is 10.0 Å². The Morgan fingerprint density at radius 2 is 2.10 bits per heavy atom. The molecule has 0 bridgehead atoms. The summed E-state index contributed by atoms with van der Waals surface area (Å²) < 4.78 is 32.6. The molecule has 2 fully saturated rings. The molecule has 1 aromatic rings. The van der Waals surface area contributed by atoms with Gasteiger partial charge in [-0.15, -0.1) is 0 Å². The third kappa shape index (κ3) is 2.93. The Labute approximate surface area is 125 Å². The van der Waals surface area contributed by atoms with E-state index in [1.165, 1.54) is 32.1 Å². The molecule has 5 nitrogen and oxygen atoms in total. The first kappa shape index (κ1) is 14.8. The van der Waals surface area contributed by atoms with Crippen LogP contribution >= 0.6 is 0 Å². The zero-order chi connectivity index (χ0) is 15.1. The molecule has 1 aromatic carbocycles. The van der Waals surface area contributed by atoms with Crippen LogP contribution < -0.4 is 9.46 Å². The summed E-state index contributed by atoms with van der Waals surface area (Å²) in [5.74, 6) is 1.21. The highest BCUT2D eigenvalue weighted by atomic mass is 32.2. The average molecular weight is 311 g/mol. The molecule has 6 heteroatoms. The molecule has 3 rings (SSSR count). The van der Waals surface area contributed by atoms with Gasteiger partial charge in [-0.05, 0) is 55.2 Å². The monoisotopic (exact) mass is 311 g/mol. The summed E-state index contributed by atoms with van der Waals surface area (Å²) in [6.07, 6.45) is 4.73. The van der Waals surface area contributed by atoms with Crippen LogP contribution in [0.2, 0.25) is 0 Å². The molecule has 2 aliphatic carbocycles. The lowest BCUT2D eigenvalue weighted by atomic mass is 10.0. The summed E-state index contributed by atoms with van der Waals surface area (Å²) in [6, 6.07) is 4.56. The van der Waals surface area contributed by atoms with Crippen molar-refractivity contribution in [2.45, 2.75) is 37.2 Å². The number of rotatable bonds is 7. The molecule has 0 aliphatic heterocycles. The van der Waals surface area contributed by atoms with Crippen molar-refractivity contribution < 1.29 is 18.3 Å². The van der Waals surface area contributed by atoms with Gasteiger partial charge in [0.1, 0.15) is 5.75 Å². The first-order chi connectivity index (χ1) is 10.0. The first-order valence-corrected chi connectivity index (χ1v) is 8.76. The van der Waals surface area contributed by atoms with Gasteiger partial charge in [-0.25, -0.2) is 13.1 Å². The molecular weight excluding hydrogens is 290 g/mol. The summed E-state index contributed by atoms with van der Waals surface area (Å²) in [6.45, 7) is 0.277. The Morgan fingerprint density at radius 1 is 1.38 bits per heavy atom. The van der Waals surface area contributed by atoms with Crippen molar-refractivity contribution in [3.05, 3.63) is 23.8 Å². The lowest BCUT2D eigenvalue weighted by Crippen LogP contribution is -2.31. The second kappa shape index (κ2) is 5.26. The Kier molecular flexibility index (Phi) is 3.71. The third-order valence-electron chi connectivity index (χ3n) is 4.68. The van der Waals surface area contributed by atoms with E-state index in [4.69, 9.17) is 4.74 Å². The summed E-state index contributed by atoms with van der Waals surface area (Å²) in [4.78, 5) is 0.180. The van der Waals surface area contributed by atoms with Crippen LogP contribution in [0.1, 0.15) is 31.2 Å². The van der Waals surface area contributed by atoms with Gasteiger partial charge in [-0.1, -0.05) is 0 Å². The average Bonchev–Trinajstić information content (AvgIpc) is 3.37. The normalized spacial score (nSPS) is 20.3. The first-order valence-electron chi connectivity index (χ1n) is 7.28. The summed E-state index contributed by atoms with van der Waals surface area (Å²) in [5, 5.41) is 9.29. The van der Waals surface area contributed by atoms with Gasteiger partial charge in [-0.2, -0.15) is 0 Å². The smallest absolute Gasteiger partial charge is 0.240 e. The second-order valence-corrected chi connectivity index (χ2v) is 7.86. The largest absolute Gasteiger partial charge is 0.496 e. The minimum absolute atomic E-state index is 0.180. The van der Waals surface area contributed by atoms with E-state index in [-0.39, 0.29) is 16.9 Å². The van der Waals surface area contributed by atoms with E-state index in [1.54, 1.807) is 6.07 Å². The molecule has 0 saturated heterocycles. The molecular formula is C15H21NO4S. The number of sulfonamides is 1. The number of aliphatic hydroxyl groups excluding tert-OH is 1. The number of nitrogens with one attached hydrogen (secondary N) is 1. The molecule has 0 spiro atoms. The standard InChI is InChI=1S/C15H21NO4S/c1-20-14-5-4-13(8-11(14)9-17)21(18,19)16-10-15(6-7-15)12-2-3-12/h4-5,8,12,16-17H,2-3,6-7,9-10H2,1H3. The Hall–Kier alpha value is -1.11. The van der Waals surface area contributed by atoms with Gasteiger partial charge in [0, 0.05) is 12.1 Å². The molecule has 21 heavy (non-hydrogen) atoms. The van der Waals surface area contributed by atoms with E-state index in [1.807, 2.05) is 0 Å². The van der Waals surface area contributed by atoms with Gasteiger partial charge < -0.3 is 9.84 Å². The highest BCUT2D eigenvalue weighted by Gasteiger charge is 2.53. The van der Waals surface area contributed by atoms with Crippen LogP contribution in [-0.2, 0) is 16.6 Å². The van der Waals surface area contributed by atoms with Gasteiger partial charge >= 0.3 is 0 Å². The fraction of sp³-hybridized carbons (Fsp3) is 0.600. The molecule has 0 unspecified atom stereocenters. The SMILES string of the molecule is COc1ccc(S(=O)(=O)NCC2(C3CC3)CC2)cc1CO. The van der Waals surface area contributed by atoms with Gasteiger partial charge in [0.2, 0.25) is 10.0 Å². The van der Waals surface area contributed by atoms with E-state index in [0.29, 0.717) is 23.8 Å². The summed E-state index contributed by atoms with van der Waals surface area (Å²) in [5.41, 5.74) is 0.697. The Bertz CT molecular complexity index is 633. The Balaban J connectivity index is 1.75. The second-order valence-electron chi connectivity index (χ2n) is 6.09. The van der Waals surface area contributed by atoms with Crippen LogP contribution in [0.15, 0.2) is 23.1 Å². The van der Waals surface area contributed by atoms with E-state index in [2.05, 4.69) is 4.72 Å². The summed E-state index contributed by atoms with van der Waals surface area (Å²) in [7, 11) is -2.04. The zero-order valence-electron chi connectivity index (χ0n) is 12.1. The fourth-order valence-electron chi connectivity index (χ4n) is 2.95. The minimum atomic E-state index is -3.53. The molecule has 0 heterocycles. The number of methoxy groups -OCH3 is 1. The van der Waals surface area contributed by atoms with Crippen molar-refractivity contribution >= 4 is 10.0 Å². The lowest BCUT2D eigenvalue weighted by molar-refractivity contribution is 0.273. The van der Waals surface area contributed by atoms with Crippen LogP contribution in [0.3, 0.4) is 0 Å². The Morgan fingerprint density at radius 3 is 2.62 bits per heavy atom. The molecule has 2 aliphatic rings. The highest BCUT2D eigenvalue weighted by Crippen LogP contribution is 2.60. The van der Waals surface area contributed by atoms with E-state index in [0.717, 1.165) is 12.8 Å². The van der Waals surface area contributed by atoms with Crippen molar-refractivity contribution in [3.8, 4) is 5.75 Å².